The average Bonchev–Trinajstić information content (AvgIpc) is 2.28. The quantitative estimate of drug-likeness (QED) is 0.881. The monoisotopic (exact) mass is 255 g/mol. The standard InChI is InChI=1S/C12H17NO3S/c1-16-10-3-5-11(6-4-10)17(14,15)12(9-13)7-2-8-12/h3-6H,2,7-9,13H2,1H3. The summed E-state index contributed by atoms with van der Waals surface area (Å²) >= 11 is 0. The Balaban J connectivity index is 2.37. The molecule has 0 unspecified atom stereocenters. The Morgan fingerprint density at radius 2 is 1.88 bits per heavy atom. The van der Waals surface area contributed by atoms with E-state index in [2.05, 4.69) is 0 Å². The van der Waals surface area contributed by atoms with E-state index in [1.807, 2.05) is 0 Å². The van der Waals surface area contributed by atoms with Crippen LogP contribution in [0.5, 0.6) is 5.75 Å². The smallest absolute Gasteiger partial charge is 0.185 e. The first-order valence-electron chi connectivity index (χ1n) is 5.64. The van der Waals surface area contributed by atoms with Gasteiger partial charge < -0.3 is 10.5 Å². The summed E-state index contributed by atoms with van der Waals surface area (Å²) in [5.74, 6) is 0.652. The summed E-state index contributed by atoms with van der Waals surface area (Å²) in [4.78, 5) is 0.337. The lowest BCUT2D eigenvalue weighted by molar-refractivity contribution is 0.344. The lowest BCUT2D eigenvalue weighted by Gasteiger charge is -2.39. The maximum Gasteiger partial charge on any atom is 0.185 e. The van der Waals surface area contributed by atoms with Gasteiger partial charge in [-0.25, -0.2) is 8.42 Å². The van der Waals surface area contributed by atoms with Crippen LogP contribution in [0.15, 0.2) is 29.2 Å². The number of rotatable bonds is 4. The van der Waals surface area contributed by atoms with E-state index < -0.39 is 14.6 Å². The Morgan fingerprint density at radius 3 is 2.24 bits per heavy atom. The van der Waals surface area contributed by atoms with Crippen LogP contribution < -0.4 is 10.5 Å². The van der Waals surface area contributed by atoms with E-state index in [0.29, 0.717) is 23.5 Å². The van der Waals surface area contributed by atoms with E-state index >= 15 is 0 Å². The first-order chi connectivity index (χ1) is 8.05. The zero-order chi connectivity index (χ0) is 12.5. The highest BCUT2D eigenvalue weighted by molar-refractivity contribution is 7.93. The minimum absolute atomic E-state index is 0.196. The van der Waals surface area contributed by atoms with Gasteiger partial charge in [-0.05, 0) is 37.1 Å². The minimum atomic E-state index is -3.32. The summed E-state index contributed by atoms with van der Waals surface area (Å²) in [5.41, 5.74) is 5.64. The molecule has 1 aliphatic carbocycles. The van der Waals surface area contributed by atoms with E-state index in [1.165, 1.54) is 0 Å². The van der Waals surface area contributed by atoms with Crippen molar-refractivity contribution in [1.29, 1.82) is 0 Å². The number of sulfone groups is 1. The Labute approximate surface area is 102 Å². The molecule has 1 aliphatic rings. The lowest BCUT2D eigenvalue weighted by atomic mass is 9.84. The van der Waals surface area contributed by atoms with Crippen LogP contribution in [0.25, 0.3) is 0 Å². The molecular formula is C12H17NO3S. The Morgan fingerprint density at radius 1 is 1.29 bits per heavy atom. The van der Waals surface area contributed by atoms with E-state index in [-0.39, 0.29) is 6.54 Å². The number of methoxy groups -OCH3 is 1. The Hall–Kier alpha value is -1.07. The van der Waals surface area contributed by atoms with Crippen LogP contribution in [-0.4, -0.2) is 26.8 Å². The summed E-state index contributed by atoms with van der Waals surface area (Å²) in [6, 6.07) is 6.50. The number of hydrogen-bond donors (Lipinski definition) is 1. The molecule has 0 aliphatic heterocycles. The molecule has 17 heavy (non-hydrogen) atoms. The summed E-state index contributed by atoms with van der Waals surface area (Å²) in [6.45, 7) is 0.196. The molecule has 94 valence electrons. The average molecular weight is 255 g/mol. The van der Waals surface area contributed by atoms with Gasteiger partial charge in [-0.15, -0.1) is 0 Å². The molecule has 4 nitrogen and oxygen atoms in total. The van der Waals surface area contributed by atoms with Gasteiger partial charge in [0.1, 0.15) is 5.75 Å². The molecule has 0 amide bonds. The van der Waals surface area contributed by atoms with Gasteiger partial charge in [-0.3, -0.25) is 0 Å². The van der Waals surface area contributed by atoms with Crippen LogP contribution in [0.1, 0.15) is 19.3 Å². The second-order valence-electron chi connectivity index (χ2n) is 4.42. The maximum atomic E-state index is 12.4. The van der Waals surface area contributed by atoms with Crippen molar-refractivity contribution in [3.05, 3.63) is 24.3 Å². The highest BCUT2D eigenvalue weighted by Crippen LogP contribution is 2.42. The van der Waals surface area contributed by atoms with Gasteiger partial charge in [-0.1, -0.05) is 6.42 Å². The fourth-order valence-corrected chi connectivity index (χ4v) is 4.20. The largest absolute Gasteiger partial charge is 0.497 e. The summed E-state index contributed by atoms with van der Waals surface area (Å²) in [6.07, 6.45) is 2.27. The fraction of sp³-hybridized carbons (Fsp3) is 0.500. The van der Waals surface area contributed by atoms with Crippen LogP contribution in [0.4, 0.5) is 0 Å². The van der Waals surface area contributed by atoms with Crippen molar-refractivity contribution in [3.63, 3.8) is 0 Å². The maximum absolute atomic E-state index is 12.4. The van der Waals surface area contributed by atoms with Gasteiger partial charge in [-0.2, -0.15) is 0 Å². The normalized spacial score (nSPS) is 18.5. The molecule has 1 saturated carbocycles. The van der Waals surface area contributed by atoms with E-state index in [0.717, 1.165) is 6.42 Å². The van der Waals surface area contributed by atoms with Crippen molar-refractivity contribution < 1.29 is 13.2 Å². The summed E-state index contributed by atoms with van der Waals surface area (Å²) < 4.78 is 29.2. The topological polar surface area (TPSA) is 69.4 Å². The van der Waals surface area contributed by atoms with Crippen molar-refractivity contribution in [2.75, 3.05) is 13.7 Å². The van der Waals surface area contributed by atoms with Crippen LogP contribution in [0.2, 0.25) is 0 Å². The molecule has 0 aromatic heterocycles. The van der Waals surface area contributed by atoms with Crippen LogP contribution in [0, 0.1) is 0 Å². The Bertz CT molecular complexity index is 483. The molecular weight excluding hydrogens is 238 g/mol. The van der Waals surface area contributed by atoms with Gasteiger partial charge in [0.2, 0.25) is 0 Å². The van der Waals surface area contributed by atoms with E-state index in [9.17, 15) is 8.42 Å². The Kier molecular flexibility index (Phi) is 3.14. The van der Waals surface area contributed by atoms with Gasteiger partial charge in [0.05, 0.1) is 16.8 Å². The van der Waals surface area contributed by atoms with Crippen molar-refractivity contribution in [3.8, 4) is 5.75 Å². The van der Waals surface area contributed by atoms with Crippen molar-refractivity contribution in [1.82, 2.24) is 0 Å². The zero-order valence-corrected chi connectivity index (χ0v) is 10.7. The third kappa shape index (κ3) is 1.83. The first kappa shape index (κ1) is 12.4. The molecule has 1 aromatic rings. The van der Waals surface area contributed by atoms with Crippen LogP contribution in [0.3, 0.4) is 0 Å². The van der Waals surface area contributed by atoms with Crippen molar-refractivity contribution in [2.45, 2.75) is 28.9 Å². The molecule has 0 bridgehead atoms. The molecule has 1 fully saturated rings. The molecule has 0 heterocycles. The molecule has 0 radical (unpaired) electrons. The highest BCUT2D eigenvalue weighted by atomic mass is 32.2. The molecule has 0 spiro atoms. The third-order valence-electron chi connectivity index (χ3n) is 3.58. The molecule has 1 aromatic carbocycles. The van der Waals surface area contributed by atoms with Gasteiger partial charge in [0.15, 0.2) is 9.84 Å². The predicted octanol–water partition coefficient (Wildman–Crippen LogP) is 1.35. The molecule has 0 saturated heterocycles. The second kappa shape index (κ2) is 4.31. The van der Waals surface area contributed by atoms with Gasteiger partial charge in [0, 0.05) is 6.54 Å². The number of benzene rings is 1. The molecule has 2 N–H and O–H groups in total. The number of ether oxygens (including phenoxy) is 1. The van der Waals surface area contributed by atoms with Crippen LogP contribution >= 0.6 is 0 Å². The SMILES string of the molecule is COc1ccc(S(=O)(=O)C2(CN)CCC2)cc1. The first-order valence-corrected chi connectivity index (χ1v) is 7.13. The van der Waals surface area contributed by atoms with Crippen LogP contribution in [-0.2, 0) is 9.84 Å². The van der Waals surface area contributed by atoms with Gasteiger partial charge >= 0.3 is 0 Å². The summed E-state index contributed by atoms with van der Waals surface area (Å²) in [5, 5.41) is 0. The summed E-state index contributed by atoms with van der Waals surface area (Å²) in [7, 11) is -1.77. The second-order valence-corrected chi connectivity index (χ2v) is 6.76. The van der Waals surface area contributed by atoms with E-state index in [1.54, 1.807) is 31.4 Å². The fourth-order valence-electron chi connectivity index (χ4n) is 2.16. The van der Waals surface area contributed by atoms with E-state index in [4.69, 9.17) is 10.5 Å². The molecule has 5 heteroatoms. The molecule has 0 atom stereocenters. The minimum Gasteiger partial charge on any atom is -0.497 e. The lowest BCUT2D eigenvalue weighted by Crippen LogP contribution is -2.51. The van der Waals surface area contributed by atoms with Gasteiger partial charge in [0.25, 0.3) is 0 Å². The van der Waals surface area contributed by atoms with Crippen molar-refractivity contribution >= 4 is 9.84 Å². The predicted molar refractivity (Wildman–Crippen MR) is 65.8 cm³/mol. The molecule has 2 rings (SSSR count). The van der Waals surface area contributed by atoms with Crippen molar-refractivity contribution in [2.24, 2.45) is 5.73 Å². The zero-order valence-electron chi connectivity index (χ0n) is 9.85. The highest BCUT2D eigenvalue weighted by Gasteiger charge is 2.48. The third-order valence-corrected chi connectivity index (χ3v) is 6.18. The number of hydrogen-bond acceptors (Lipinski definition) is 4. The number of nitrogens with two attached hydrogens (primary N) is 1.